The number of nitrogens with one attached hydrogen (secondary N) is 1. The Morgan fingerprint density at radius 2 is 1.72 bits per heavy atom. The molecule has 1 aromatic rings. The average molecular weight is 294 g/mol. The van der Waals surface area contributed by atoms with Gasteiger partial charge in [0.05, 0.1) is 6.21 Å². The van der Waals surface area contributed by atoms with Crippen molar-refractivity contribution >= 4 is 17.6 Å². The zero-order chi connectivity index (χ0) is 14.0. The molecule has 1 rings (SSSR count). The lowest BCUT2D eigenvalue weighted by Crippen LogP contribution is -2.58. The quantitative estimate of drug-likeness (QED) is 0.391. The fourth-order valence-corrected chi connectivity index (χ4v) is 1.37. The zero-order valence-corrected chi connectivity index (χ0v) is 9.13. The van der Waals surface area contributed by atoms with Gasteiger partial charge >= 0.3 is 18.1 Å². The van der Waals surface area contributed by atoms with Gasteiger partial charge in [0.25, 0.3) is 0 Å². The molecule has 2 nitrogen and oxygen atoms in total. The molecule has 1 heterocycles. The molecule has 0 aromatic carbocycles. The Morgan fingerprint density at radius 1 is 1.11 bits per heavy atom. The van der Waals surface area contributed by atoms with Crippen LogP contribution in [0.25, 0.3) is 0 Å². The number of alkyl halides is 7. The van der Waals surface area contributed by atoms with E-state index in [1.807, 2.05) is 0 Å². The van der Waals surface area contributed by atoms with Crippen LogP contribution in [0.4, 0.5) is 30.7 Å². The molecule has 0 saturated carbocycles. The Kier molecular flexibility index (Phi) is 3.89. The van der Waals surface area contributed by atoms with Crippen molar-refractivity contribution in [1.82, 2.24) is 5.43 Å². The number of halogens is 7. The molecule has 0 radical (unpaired) electrons. The molecule has 0 saturated heterocycles. The van der Waals surface area contributed by atoms with Crippen LogP contribution in [0, 0.1) is 0 Å². The second-order valence-corrected chi connectivity index (χ2v) is 4.01. The van der Waals surface area contributed by atoms with Crippen molar-refractivity contribution in [2.45, 2.75) is 18.1 Å². The molecular formula is C8H5F7N2S. The molecular weight excluding hydrogens is 289 g/mol. The van der Waals surface area contributed by atoms with E-state index in [2.05, 4.69) is 5.10 Å². The van der Waals surface area contributed by atoms with Crippen molar-refractivity contribution in [2.75, 3.05) is 0 Å². The first kappa shape index (κ1) is 14.7. The van der Waals surface area contributed by atoms with Crippen LogP contribution in [-0.2, 0) is 0 Å². The molecule has 102 valence electrons. The number of thiophene rings is 1. The molecule has 0 amide bonds. The van der Waals surface area contributed by atoms with Crippen LogP contribution >= 0.6 is 11.3 Å². The standard InChI is InChI=1S/C8H5F7N2S/c9-6(10,7(11,12)13)8(14,15)17-16-4-5-2-1-3-18-5/h1-4,17H/b16-4+. The summed E-state index contributed by atoms with van der Waals surface area (Å²) in [6.45, 7) is 0. The molecule has 0 unspecified atom stereocenters. The summed E-state index contributed by atoms with van der Waals surface area (Å²) < 4.78 is 85.1. The second-order valence-electron chi connectivity index (χ2n) is 3.03. The first-order chi connectivity index (χ1) is 8.08. The van der Waals surface area contributed by atoms with E-state index in [0.717, 1.165) is 11.3 Å². The topological polar surface area (TPSA) is 24.4 Å². The molecule has 0 fully saturated rings. The van der Waals surface area contributed by atoms with Crippen molar-refractivity contribution in [2.24, 2.45) is 5.10 Å². The molecule has 0 atom stereocenters. The largest absolute Gasteiger partial charge is 0.462 e. The van der Waals surface area contributed by atoms with Crippen molar-refractivity contribution < 1.29 is 30.7 Å². The Balaban J connectivity index is 2.76. The maximum absolute atomic E-state index is 12.6. The van der Waals surface area contributed by atoms with Crippen LogP contribution in [0.15, 0.2) is 22.6 Å². The van der Waals surface area contributed by atoms with E-state index in [0.29, 0.717) is 16.5 Å². The lowest BCUT2D eigenvalue weighted by atomic mass is 10.3. The van der Waals surface area contributed by atoms with Gasteiger partial charge < -0.3 is 0 Å². The fourth-order valence-electron chi connectivity index (χ4n) is 0.790. The summed E-state index contributed by atoms with van der Waals surface area (Å²) >= 11 is 1.04. The van der Waals surface area contributed by atoms with E-state index < -0.39 is 18.1 Å². The Labute approximate surface area is 100 Å². The lowest BCUT2D eigenvalue weighted by Gasteiger charge is -2.27. The third kappa shape index (κ3) is 2.92. The van der Waals surface area contributed by atoms with Crippen LogP contribution in [0.1, 0.15) is 4.88 Å². The monoisotopic (exact) mass is 294 g/mol. The van der Waals surface area contributed by atoms with Gasteiger partial charge in [0.15, 0.2) is 0 Å². The van der Waals surface area contributed by atoms with Gasteiger partial charge in [-0.15, -0.1) is 11.3 Å². The zero-order valence-electron chi connectivity index (χ0n) is 8.31. The minimum absolute atomic E-state index is 0.314. The molecule has 1 aromatic heterocycles. The highest BCUT2D eigenvalue weighted by atomic mass is 32.1. The van der Waals surface area contributed by atoms with Gasteiger partial charge in [-0.3, -0.25) is 0 Å². The molecule has 18 heavy (non-hydrogen) atoms. The van der Waals surface area contributed by atoms with Crippen molar-refractivity contribution in [3.63, 3.8) is 0 Å². The van der Waals surface area contributed by atoms with Crippen LogP contribution in [0.2, 0.25) is 0 Å². The highest BCUT2D eigenvalue weighted by molar-refractivity contribution is 7.11. The molecule has 1 N–H and O–H groups in total. The van der Waals surface area contributed by atoms with Crippen LogP contribution < -0.4 is 5.43 Å². The highest BCUT2D eigenvalue weighted by Crippen LogP contribution is 2.44. The normalized spacial score (nSPS) is 14.2. The van der Waals surface area contributed by atoms with Crippen molar-refractivity contribution in [1.29, 1.82) is 0 Å². The molecule has 0 spiro atoms. The number of hydrogen-bond acceptors (Lipinski definition) is 3. The summed E-state index contributed by atoms with van der Waals surface area (Å²) in [5.41, 5.74) is 0.517. The summed E-state index contributed by atoms with van der Waals surface area (Å²) in [5.74, 6) is -6.22. The highest BCUT2D eigenvalue weighted by Gasteiger charge is 2.73. The first-order valence-electron chi connectivity index (χ1n) is 4.24. The molecule has 0 aliphatic rings. The minimum Gasteiger partial charge on any atom is -0.242 e. The average Bonchev–Trinajstić information content (AvgIpc) is 2.68. The van der Waals surface area contributed by atoms with Crippen molar-refractivity contribution in [3.8, 4) is 0 Å². The van der Waals surface area contributed by atoms with Crippen LogP contribution in [0.5, 0.6) is 0 Å². The van der Waals surface area contributed by atoms with E-state index in [1.165, 1.54) is 12.1 Å². The SMILES string of the molecule is FC(F)(F)C(F)(F)C(F)(F)N/N=C/c1cccs1. The Morgan fingerprint density at radius 3 is 2.17 bits per heavy atom. The molecule has 0 aliphatic heterocycles. The number of hydrazone groups is 1. The van der Waals surface area contributed by atoms with Gasteiger partial charge in [0.2, 0.25) is 0 Å². The summed E-state index contributed by atoms with van der Waals surface area (Å²) in [6.07, 6.45) is -5.66. The van der Waals surface area contributed by atoms with Gasteiger partial charge in [-0.1, -0.05) is 6.07 Å². The van der Waals surface area contributed by atoms with Crippen LogP contribution in [0.3, 0.4) is 0 Å². The lowest BCUT2D eigenvalue weighted by molar-refractivity contribution is -0.361. The van der Waals surface area contributed by atoms with E-state index >= 15 is 0 Å². The van der Waals surface area contributed by atoms with Gasteiger partial charge in [0.1, 0.15) is 0 Å². The fraction of sp³-hybridized carbons (Fsp3) is 0.375. The molecule has 0 bridgehead atoms. The number of rotatable bonds is 4. The summed E-state index contributed by atoms with van der Waals surface area (Å²) in [5, 5.41) is 4.22. The number of nitrogens with zero attached hydrogens (tertiary/aromatic N) is 1. The minimum atomic E-state index is -6.37. The van der Waals surface area contributed by atoms with Gasteiger partial charge in [-0.2, -0.15) is 35.8 Å². The van der Waals surface area contributed by atoms with Gasteiger partial charge in [0, 0.05) is 4.88 Å². The van der Waals surface area contributed by atoms with Crippen molar-refractivity contribution in [3.05, 3.63) is 22.4 Å². The van der Waals surface area contributed by atoms with E-state index in [-0.39, 0.29) is 0 Å². The first-order valence-corrected chi connectivity index (χ1v) is 5.12. The van der Waals surface area contributed by atoms with Gasteiger partial charge in [-0.25, -0.2) is 5.43 Å². The molecule has 10 heteroatoms. The third-order valence-electron chi connectivity index (χ3n) is 1.69. The summed E-state index contributed by atoms with van der Waals surface area (Å²) in [4.78, 5) is 0.314. The van der Waals surface area contributed by atoms with Crippen LogP contribution in [-0.4, -0.2) is 24.4 Å². The third-order valence-corrected chi connectivity index (χ3v) is 2.50. The maximum Gasteiger partial charge on any atom is 0.462 e. The summed E-state index contributed by atoms with van der Waals surface area (Å²) in [6, 6.07) is -2.59. The molecule has 0 aliphatic carbocycles. The Hall–Kier alpha value is -1.32. The Bertz CT molecular complexity index is 410. The van der Waals surface area contributed by atoms with Gasteiger partial charge in [-0.05, 0) is 11.4 Å². The predicted octanol–water partition coefficient (Wildman–Crippen LogP) is 3.46. The smallest absolute Gasteiger partial charge is 0.242 e. The summed E-state index contributed by atoms with van der Waals surface area (Å²) in [7, 11) is 0. The van der Waals surface area contributed by atoms with E-state index in [9.17, 15) is 30.7 Å². The number of hydrogen-bond donors (Lipinski definition) is 1. The predicted molar refractivity (Wildman–Crippen MR) is 51.0 cm³/mol. The van der Waals surface area contributed by atoms with E-state index in [1.54, 1.807) is 5.38 Å². The maximum atomic E-state index is 12.6. The van der Waals surface area contributed by atoms with E-state index in [4.69, 9.17) is 0 Å². The second kappa shape index (κ2) is 4.75.